The van der Waals surface area contributed by atoms with Gasteiger partial charge in [-0.3, -0.25) is 9.40 Å². The predicted molar refractivity (Wildman–Crippen MR) is 73.0 cm³/mol. The van der Waals surface area contributed by atoms with E-state index >= 15 is 0 Å². The number of nitrogens with one attached hydrogen (secondary N) is 1. The molecular weight excluding hydrogens is 282 g/mol. The maximum atomic E-state index is 12.2. The fraction of sp³-hybridized carbons (Fsp3) is 0.0909. The lowest BCUT2D eigenvalue weighted by molar-refractivity contribution is 0.318. The summed E-state index contributed by atoms with van der Waals surface area (Å²) in [5, 5.41) is 15.4. The van der Waals surface area contributed by atoms with E-state index in [0.717, 1.165) is 0 Å². The van der Waals surface area contributed by atoms with Gasteiger partial charge in [-0.1, -0.05) is 17.3 Å². The standard InChI is InChI=1S/C11H13N5O3S/c1-16-10(6-7-13-16)20(18,19)15-9-5-3-2-4-8(9)11(12)14-17/h2-7,15,17H,1H3,(H2,12,14). The fourth-order valence-electron chi connectivity index (χ4n) is 1.67. The highest BCUT2D eigenvalue weighted by molar-refractivity contribution is 7.92. The summed E-state index contributed by atoms with van der Waals surface area (Å²) in [6.07, 6.45) is 1.38. The lowest BCUT2D eigenvalue weighted by atomic mass is 10.2. The number of para-hydroxylation sites is 1. The highest BCUT2D eigenvalue weighted by atomic mass is 32.2. The van der Waals surface area contributed by atoms with E-state index in [1.807, 2.05) is 0 Å². The number of aromatic nitrogens is 2. The number of hydrogen-bond donors (Lipinski definition) is 3. The van der Waals surface area contributed by atoms with Gasteiger partial charge in [-0.15, -0.1) is 0 Å². The summed E-state index contributed by atoms with van der Waals surface area (Å²) in [5.74, 6) is -0.187. The topological polar surface area (TPSA) is 123 Å². The van der Waals surface area contributed by atoms with Crippen LogP contribution in [-0.4, -0.2) is 29.2 Å². The smallest absolute Gasteiger partial charge is 0.279 e. The quantitative estimate of drug-likeness (QED) is 0.324. The summed E-state index contributed by atoms with van der Waals surface area (Å²) in [6, 6.07) is 7.70. The Morgan fingerprint density at radius 3 is 2.70 bits per heavy atom. The molecule has 0 fully saturated rings. The first-order valence-corrected chi connectivity index (χ1v) is 7.02. The van der Waals surface area contributed by atoms with Gasteiger partial charge in [0.2, 0.25) is 0 Å². The molecule has 2 rings (SSSR count). The minimum absolute atomic E-state index is 0.00631. The van der Waals surface area contributed by atoms with Crippen LogP contribution >= 0.6 is 0 Å². The Labute approximate surface area is 115 Å². The van der Waals surface area contributed by atoms with Gasteiger partial charge in [0.25, 0.3) is 10.0 Å². The Kier molecular flexibility index (Phi) is 3.61. The van der Waals surface area contributed by atoms with Crippen LogP contribution in [0, 0.1) is 0 Å². The summed E-state index contributed by atoms with van der Waals surface area (Å²) in [7, 11) is -2.29. The SMILES string of the molecule is Cn1nccc1S(=O)(=O)Nc1ccccc1/C(N)=N/O. The molecule has 0 aliphatic heterocycles. The molecule has 2 aromatic rings. The molecule has 0 bridgehead atoms. The molecule has 0 saturated heterocycles. The van der Waals surface area contributed by atoms with Crippen molar-refractivity contribution in [2.24, 2.45) is 17.9 Å². The van der Waals surface area contributed by atoms with Crippen molar-refractivity contribution >= 4 is 21.5 Å². The average molecular weight is 295 g/mol. The van der Waals surface area contributed by atoms with Gasteiger partial charge in [-0.25, -0.2) is 0 Å². The largest absolute Gasteiger partial charge is 0.409 e. The van der Waals surface area contributed by atoms with Crippen LogP contribution in [0.25, 0.3) is 0 Å². The Hall–Kier alpha value is -2.55. The minimum atomic E-state index is -3.81. The molecule has 1 aromatic heterocycles. The number of amidine groups is 1. The van der Waals surface area contributed by atoms with Crippen LogP contribution in [0.5, 0.6) is 0 Å². The van der Waals surface area contributed by atoms with E-state index in [2.05, 4.69) is 15.0 Å². The highest BCUT2D eigenvalue weighted by Gasteiger charge is 2.20. The molecule has 0 spiro atoms. The van der Waals surface area contributed by atoms with Crippen molar-refractivity contribution in [1.29, 1.82) is 0 Å². The third kappa shape index (κ3) is 2.57. The number of hydrogen-bond acceptors (Lipinski definition) is 5. The van der Waals surface area contributed by atoms with E-state index in [0.29, 0.717) is 0 Å². The van der Waals surface area contributed by atoms with Gasteiger partial charge in [0, 0.05) is 12.6 Å². The van der Waals surface area contributed by atoms with E-state index < -0.39 is 10.0 Å². The number of aryl methyl sites for hydroxylation is 1. The van der Waals surface area contributed by atoms with Crippen LogP contribution < -0.4 is 10.5 Å². The molecule has 9 heteroatoms. The average Bonchev–Trinajstić information content (AvgIpc) is 2.85. The fourth-order valence-corrected chi connectivity index (χ4v) is 2.88. The van der Waals surface area contributed by atoms with Gasteiger partial charge in [0.1, 0.15) is 0 Å². The zero-order valence-electron chi connectivity index (χ0n) is 10.6. The lowest BCUT2D eigenvalue weighted by Gasteiger charge is -2.11. The summed E-state index contributed by atoms with van der Waals surface area (Å²) in [4.78, 5) is 0. The summed E-state index contributed by atoms with van der Waals surface area (Å²) >= 11 is 0. The molecule has 0 amide bonds. The monoisotopic (exact) mass is 295 g/mol. The second-order valence-corrected chi connectivity index (χ2v) is 5.56. The molecule has 8 nitrogen and oxygen atoms in total. The maximum Gasteiger partial charge on any atom is 0.279 e. The van der Waals surface area contributed by atoms with E-state index in [1.54, 1.807) is 12.1 Å². The first-order chi connectivity index (χ1) is 9.45. The van der Waals surface area contributed by atoms with E-state index in [1.165, 1.54) is 36.1 Å². The normalized spacial score (nSPS) is 12.3. The molecule has 4 N–H and O–H groups in total. The van der Waals surface area contributed by atoms with Crippen LogP contribution in [0.1, 0.15) is 5.56 Å². The van der Waals surface area contributed by atoms with Crippen LogP contribution in [0.15, 0.2) is 46.7 Å². The van der Waals surface area contributed by atoms with E-state index in [9.17, 15) is 8.42 Å². The number of nitrogens with zero attached hydrogens (tertiary/aromatic N) is 3. The van der Waals surface area contributed by atoms with Gasteiger partial charge >= 0.3 is 0 Å². The molecule has 0 atom stereocenters. The van der Waals surface area contributed by atoms with Crippen molar-refractivity contribution in [2.45, 2.75) is 5.03 Å². The van der Waals surface area contributed by atoms with Crippen molar-refractivity contribution in [3.05, 3.63) is 42.1 Å². The second-order valence-electron chi connectivity index (χ2n) is 3.93. The lowest BCUT2D eigenvalue weighted by Crippen LogP contribution is -2.21. The van der Waals surface area contributed by atoms with Crippen molar-refractivity contribution in [2.75, 3.05) is 4.72 Å². The summed E-state index contributed by atoms with van der Waals surface area (Å²) < 4.78 is 28.1. The molecule has 0 radical (unpaired) electrons. The molecule has 20 heavy (non-hydrogen) atoms. The maximum absolute atomic E-state index is 12.2. The van der Waals surface area contributed by atoms with Gasteiger partial charge in [-0.05, 0) is 18.2 Å². The summed E-state index contributed by atoms with van der Waals surface area (Å²) in [6.45, 7) is 0. The molecule has 1 aromatic carbocycles. The third-order valence-corrected chi connectivity index (χ3v) is 4.05. The highest BCUT2D eigenvalue weighted by Crippen LogP contribution is 2.19. The molecular formula is C11H13N5O3S. The molecule has 0 aliphatic carbocycles. The molecule has 106 valence electrons. The molecule has 0 saturated carbocycles. The number of benzene rings is 1. The van der Waals surface area contributed by atoms with Crippen molar-refractivity contribution in [3.8, 4) is 0 Å². The Bertz CT molecular complexity index is 751. The number of anilines is 1. The van der Waals surface area contributed by atoms with Crippen LogP contribution in [0.3, 0.4) is 0 Å². The van der Waals surface area contributed by atoms with Crippen molar-refractivity contribution in [1.82, 2.24) is 9.78 Å². The number of nitrogens with two attached hydrogens (primary N) is 1. The Balaban J connectivity index is 2.43. The van der Waals surface area contributed by atoms with Gasteiger partial charge < -0.3 is 10.9 Å². The first kappa shape index (κ1) is 13.9. The van der Waals surface area contributed by atoms with E-state index in [-0.39, 0.29) is 22.1 Å². The van der Waals surface area contributed by atoms with Crippen LogP contribution in [0.2, 0.25) is 0 Å². The minimum Gasteiger partial charge on any atom is -0.409 e. The summed E-state index contributed by atoms with van der Waals surface area (Å²) in [5.41, 5.74) is 6.00. The van der Waals surface area contributed by atoms with Crippen molar-refractivity contribution in [3.63, 3.8) is 0 Å². The van der Waals surface area contributed by atoms with Gasteiger partial charge in [0.05, 0.1) is 11.9 Å². The molecule has 0 aliphatic rings. The van der Waals surface area contributed by atoms with Gasteiger partial charge in [0.15, 0.2) is 10.9 Å². The Morgan fingerprint density at radius 1 is 1.40 bits per heavy atom. The zero-order valence-corrected chi connectivity index (χ0v) is 11.4. The number of sulfonamides is 1. The second kappa shape index (κ2) is 5.21. The predicted octanol–water partition coefficient (Wildman–Crippen LogP) is 0.315. The van der Waals surface area contributed by atoms with Crippen LogP contribution in [0.4, 0.5) is 5.69 Å². The number of oxime groups is 1. The number of rotatable bonds is 4. The first-order valence-electron chi connectivity index (χ1n) is 5.53. The zero-order chi connectivity index (χ0) is 14.8. The molecule has 1 heterocycles. The van der Waals surface area contributed by atoms with E-state index in [4.69, 9.17) is 10.9 Å². The van der Waals surface area contributed by atoms with Crippen LogP contribution in [-0.2, 0) is 17.1 Å². The van der Waals surface area contributed by atoms with Crippen molar-refractivity contribution < 1.29 is 13.6 Å². The van der Waals surface area contributed by atoms with Gasteiger partial charge in [-0.2, -0.15) is 13.5 Å². The Morgan fingerprint density at radius 2 is 2.10 bits per heavy atom. The third-order valence-electron chi connectivity index (χ3n) is 2.61. The molecule has 0 unspecified atom stereocenters.